The zero-order chi connectivity index (χ0) is 18.5. The molecule has 2 heterocycles. The molecule has 1 N–H and O–H groups in total. The fourth-order valence-electron chi connectivity index (χ4n) is 2.25. The number of amides is 1. The first-order valence-electron chi connectivity index (χ1n) is 7.88. The smallest absolute Gasteiger partial charge is 0.338 e. The van der Waals surface area contributed by atoms with Crippen molar-refractivity contribution in [2.45, 2.75) is 19.9 Å². The summed E-state index contributed by atoms with van der Waals surface area (Å²) in [7, 11) is 0. The standard InChI is InChI=1S/C16H17N7O3/c1-11(2)23-14(7-8-18-23)19-15(24)9-26-16(25)12-3-5-13(6-4-12)22-10-17-20-21-22/h3-8,10-11H,9H2,1-2H3,(H,19,24). The first kappa shape index (κ1) is 17.3. The molecule has 3 aromatic rings. The first-order valence-corrected chi connectivity index (χ1v) is 7.88. The topological polar surface area (TPSA) is 117 Å². The Bertz CT molecular complexity index is 885. The largest absolute Gasteiger partial charge is 0.452 e. The molecule has 1 aromatic carbocycles. The number of aromatic nitrogens is 6. The van der Waals surface area contributed by atoms with Crippen molar-refractivity contribution >= 4 is 17.7 Å². The Morgan fingerprint density at radius 1 is 1.19 bits per heavy atom. The summed E-state index contributed by atoms with van der Waals surface area (Å²) in [6.45, 7) is 3.50. The van der Waals surface area contributed by atoms with E-state index in [0.29, 0.717) is 17.1 Å². The molecule has 0 radical (unpaired) electrons. The Morgan fingerprint density at radius 3 is 2.62 bits per heavy atom. The van der Waals surface area contributed by atoms with E-state index in [1.54, 1.807) is 41.2 Å². The highest BCUT2D eigenvalue weighted by Gasteiger charge is 2.13. The van der Waals surface area contributed by atoms with E-state index in [1.165, 1.54) is 11.0 Å². The number of hydrogen-bond donors (Lipinski definition) is 1. The maximum absolute atomic E-state index is 12.1. The van der Waals surface area contributed by atoms with Crippen LogP contribution in [0.15, 0.2) is 42.9 Å². The predicted octanol–water partition coefficient (Wildman–Crippen LogP) is 1.24. The minimum Gasteiger partial charge on any atom is -0.452 e. The van der Waals surface area contributed by atoms with Crippen molar-refractivity contribution in [2.75, 3.05) is 11.9 Å². The number of rotatable bonds is 6. The van der Waals surface area contributed by atoms with Gasteiger partial charge in [0.15, 0.2) is 6.61 Å². The van der Waals surface area contributed by atoms with Gasteiger partial charge in [0, 0.05) is 12.1 Å². The summed E-state index contributed by atoms with van der Waals surface area (Å²) in [6.07, 6.45) is 3.04. The molecule has 0 saturated heterocycles. The van der Waals surface area contributed by atoms with Gasteiger partial charge >= 0.3 is 5.97 Å². The van der Waals surface area contributed by atoms with Gasteiger partial charge in [-0.05, 0) is 48.5 Å². The van der Waals surface area contributed by atoms with Crippen LogP contribution in [0.4, 0.5) is 5.82 Å². The van der Waals surface area contributed by atoms with E-state index in [-0.39, 0.29) is 6.04 Å². The summed E-state index contributed by atoms with van der Waals surface area (Å²) in [5.41, 5.74) is 1.02. The summed E-state index contributed by atoms with van der Waals surface area (Å²) < 4.78 is 8.16. The number of hydrogen-bond acceptors (Lipinski definition) is 7. The predicted molar refractivity (Wildman–Crippen MR) is 90.7 cm³/mol. The number of carbonyl (C=O) groups excluding carboxylic acids is 2. The molecule has 0 aliphatic carbocycles. The van der Waals surface area contributed by atoms with Crippen LogP contribution in [0.2, 0.25) is 0 Å². The number of nitrogens with zero attached hydrogens (tertiary/aromatic N) is 6. The van der Waals surface area contributed by atoms with E-state index >= 15 is 0 Å². The number of benzene rings is 1. The van der Waals surface area contributed by atoms with Gasteiger partial charge in [0.25, 0.3) is 5.91 Å². The minimum atomic E-state index is -0.596. The third-order valence-electron chi connectivity index (χ3n) is 3.48. The molecule has 3 rings (SSSR count). The van der Waals surface area contributed by atoms with Crippen LogP contribution in [0, 0.1) is 0 Å². The van der Waals surface area contributed by atoms with E-state index in [1.807, 2.05) is 13.8 Å². The van der Waals surface area contributed by atoms with Gasteiger partial charge in [-0.2, -0.15) is 5.10 Å². The number of nitrogens with one attached hydrogen (secondary N) is 1. The van der Waals surface area contributed by atoms with E-state index in [9.17, 15) is 9.59 Å². The van der Waals surface area contributed by atoms with Crippen LogP contribution in [0.3, 0.4) is 0 Å². The van der Waals surface area contributed by atoms with Gasteiger partial charge in [0.2, 0.25) is 0 Å². The maximum Gasteiger partial charge on any atom is 0.338 e. The fourth-order valence-corrected chi connectivity index (χ4v) is 2.25. The van der Waals surface area contributed by atoms with Gasteiger partial charge in [-0.3, -0.25) is 4.79 Å². The summed E-state index contributed by atoms with van der Waals surface area (Å²) >= 11 is 0. The van der Waals surface area contributed by atoms with Crippen LogP contribution >= 0.6 is 0 Å². The van der Waals surface area contributed by atoms with E-state index in [4.69, 9.17) is 4.74 Å². The van der Waals surface area contributed by atoms with E-state index < -0.39 is 18.5 Å². The van der Waals surface area contributed by atoms with Gasteiger partial charge in [-0.15, -0.1) is 5.10 Å². The Labute approximate surface area is 148 Å². The van der Waals surface area contributed by atoms with Crippen LogP contribution in [-0.4, -0.2) is 48.5 Å². The Balaban J connectivity index is 1.55. The lowest BCUT2D eigenvalue weighted by Crippen LogP contribution is -2.23. The molecule has 26 heavy (non-hydrogen) atoms. The Morgan fingerprint density at radius 2 is 1.96 bits per heavy atom. The second-order valence-corrected chi connectivity index (χ2v) is 5.68. The number of anilines is 1. The molecule has 2 aromatic heterocycles. The second-order valence-electron chi connectivity index (χ2n) is 5.68. The van der Waals surface area contributed by atoms with Crippen molar-refractivity contribution in [3.8, 4) is 5.69 Å². The Hall–Kier alpha value is -3.56. The van der Waals surface area contributed by atoms with E-state index in [0.717, 1.165) is 0 Å². The van der Waals surface area contributed by atoms with Crippen LogP contribution in [-0.2, 0) is 9.53 Å². The molecule has 0 aliphatic heterocycles. The molecule has 1 amide bonds. The Kier molecular flexibility index (Phi) is 5.02. The molecule has 0 spiro atoms. The van der Waals surface area contributed by atoms with Crippen molar-refractivity contribution in [1.29, 1.82) is 0 Å². The summed E-state index contributed by atoms with van der Waals surface area (Å²) in [6, 6.07) is 8.28. The number of esters is 1. The first-order chi connectivity index (χ1) is 12.5. The monoisotopic (exact) mass is 355 g/mol. The van der Waals surface area contributed by atoms with E-state index in [2.05, 4.69) is 25.9 Å². The van der Waals surface area contributed by atoms with Crippen LogP contribution in [0.1, 0.15) is 30.2 Å². The SMILES string of the molecule is CC(C)n1nccc1NC(=O)COC(=O)c1ccc(-n2cnnn2)cc1. The molecule has 0 aliphatic rings. The molecule has 10 heteroatoms. The average Bonchev–Trinajstić information content (AvgIpc) is 3.31. The van der Waals surface area contributed by atoms with Gasteiger partial charge < -0.3 is 10.1 Å². The highest BCUT2D eigenvalue weighted by Crippen LogP contribution is 2.13. The van der Waals surface area contributed by atoms with Crippen LogP contribution in [0.5, 0.6) is 0 Å². The molecular weight excluding hydrogens is 338 g/mol. The second kappa shape index (κ2) is 7.55. The normalized spacial score (nSPS) is 10.7. The zero-order valence-electron chi connectivity index (χ0n) is 14.2. The molecule has 0 bridgehead atoms. The van der Waals surface area contributed by atoms with Gasteiger partial charge in [-0.25, -0.2) is 14.2 Å². The fraction of sp³-hybridized carbons (Fsp3) is 0.250. The lowest BCUT2D eigenvalue weighted by molar-refractivity contribution is -0.119. The maximum atomic E-state index is 12.1. The molecule has 0 fully saturated rings. The van der Waals surface area contributed by atoms with Crippen LogP contribution in [0.25, 0.3) is 5.69 Å². The lowest BCUT2D eigenvalue weighted by Gasteiger charge is -2.12. The van der Waals surface area contributed by atoms with Crippen molar-refractivity contribution in [2.24, 2.45) is 0 Å². The van der Waals surface area contributed by atoms with Gasteiger partial charge in [-0.1, -0.05) is 0 Å². The highest BCUT2D eigenvalue weighted by atomic mass is 16.5. The zero-order valence-corrected chi connectivity index (χ0v) is 14.2. The molecule has 0 atom stereocenters. The summed E-state index contributed by atoms with van der Waals surface area (Å²) in [4.78, 5) is 24.0. The summed E-state index contributed by atoms with van der Waals surface area (Å²) in [5, 5.41) is 17.6. The highest BCUT2D eigenvalue weighted by molar-refractivity contribution is 5.95. The van der Waals surface area contributed by atoms with Crippen molar-refractivity contribution in [1.82, 2.24) is 30.0 Å². The summed E-state index contributed by atoms with van der Waals surface area (Å²) in [5.74, 6) is -0.487. The van der Waals surface area contributed by atoms with Crippen LogP contribution < -0.4 is 5.32 Å². The van der Waals surface area contributed by atoms with Crippen molar-refractivity contribution in [3.63, 3.8) is 0 Å². The molecular formula is C16H17N7O3. The molecule has 10 nitrogen and oxygen atoms in total. The van der Waals surface area contributed by atoms with Gasteiger partial charge in [0.05, 0.1) is 17.4 Å². The third kappa shape index (κ3) is 3.91. The molecule has 134 valence electrons. The van der Waals surface area contributed by atoms with Crippen molar-refractivity contribution < 1.29 is 14.3 Å². The lowest BCUT2D eigenvalue weighted by atomic mass is 10.2. The number of ether oxygens (including phenoxy) is 1. The number of tetrazole rings is 1. The molecule has 0 saturated carbocycles. The van der Waals surface area contributed by atoms with Crippen molar-refractivity contribution in [3.05, 3.63) is 48.4 Å². The quantitative estimate of drug-likeness (QED) is 0.661. The number of carbonyl (C=O) groups is 2. The van der Waals surface area contributed by atoms with Gasteiger partial charge in [0.1, 0.15) is 12.1 Å². The third-order valence-corrected chi connectivity index (χ3v) is 3.48. The minimum absolute atomic E-state index is 0.0987. The average molecular weight is 355 g/mol. The molecule has 0 unspecified atom stereocenters.